The number of nitrogens with one attached hydrogen (secondary N) is 1. The summed E-state index contributed by atoms with van der Waals surface area (Å²) < 4.78 is 7.14. The van der Waals surface area contributed by atoms with Crippen LogP contribution in [0.4, 0.5) is 5.69 Å². The second-order valence-corrected chi connectivity index (χ2v) is 4.25. The Labute approximate surface area is 112 Å². The van der Waals surface area contributed by atoms with Crippen LogP contribution in [0.5, 0.6) is 5.75 Å². The van der Waals surface area contributed by atoms with Crippen molar-refractivity contribution in [2.45, 2.75) is 20.0 Å². The zero-order valence-electron chi connectivity index (χ0n) is 10.5. The first-order valence-corrected chi connectivity index (χ1v) is 6.20. The predicted molar refractivity (Wildman–Crippen MR) is 73.2 cm³/mol. The molecule has 0 fully saturated rings. The van der Waals surface area contributed by atoms with E-state index in [9.17, 15) is 0 Å². The van der Waals surface area contributed by atoms with E-state index in [0.29, 0.717) is 10.8 Å². The highest BCUT2D eigenvalue weighted by molar-refractivity contribution is 6.32. The van der Waals surface area contributed by atoms with Crippen LogP contribution in [-0.4, -0.2) is 16.9 Å². The Morgan fingerprint density at radius 1 is 1.39 bits per heavy atom. The Bertz CT molecular complexity index is 525. The number of aromatic nitrogens is 2. The van der Waals surface area contributed by atoms with Gasteiger partial charge in [-0.3, -0.25) is 4.68 Å². The molecule has 1 aromatic heterocycles. The first kappa shape index (κ1) is 12.8. The quantitative estimate of drug-likeness (QED) is 0.903. The fourth-order valence-corrected chi connectivity index (χ4v) is 1.95. The predicted octanol–water partition coefficient (Wildman–Crippen LogP) is 3.18. The summed E-state index contributed by atoms with van der Waals surface area (Å²) in [5, 5.41) is 8.16. The monoisotopic (exact) mass is 265 g/mol. The molecule has 0 aliphatic carbocycles. The second-order valence-electron chi connectivity index (χ2n) is 3.84. The fraction of sp³-hybridized carbons (Fsp3) is 0.308. The first-order valence-electron chi connectivity index (χ1n) is 5.82. The maximum atomic E-state index is 5.98. The highest BCUT2D eigenvalue weighted by Crippen LogP contribution is 2.27. The summed E-state index contributed by atoms with van der Waals surface area (Å²) in [6, 6.07) is 7.63. The van der Waals surface area contributed by atoms with Gasteiger partial charge in [-0.25, -0.2) is 0 Å². The van der Waals surface area contributed by atoms with Gasteiger partial charge in [0.05, 0.1) is 24.4 Å². The Kier molecular flexibility index (Phi) is 4.10. The zero-order chi connectivity index (χ0) is 13.0. The number of ether oxygens (including phenoxy) is 1. The van der Waals surface area contributed by atoms with Crippen molar-refractivity contribution in [1.29, 1.82) is 0 Å². The van der Waals surface area contributed by atoms with Crippen LogP contribution in [0.2, 0.25) is 5.02 Å². The largest absolute Gasteiger partial charge is 0.495 e. The lowest BCUT2D eigenvalue weighted by Gasteiger charge is -2.10. The van der Waals surface area contributed by atoms with Gasteiger partial charge in [0.25, 0.3) is 0 Å². The molecule has 0 radical (unpaired) electrons. The molecular weight excluding hydrogens is 250 g/mol. The molecule has 0 spiro atoms. The molecule has 5 heteroatoms. The van der Waals surface area contributed by atoms with Crippen LogP contribution in [-0.2, 0) is 13.1 Å². The fourth-order valence-electron chi connectivity index (χ4n) is 1.76. The molecule has 1 N–H and O–H groups in total. The summed E-state index contributed by atoms with van der Waals surface area (Å²) in [6.07, 6.45) is 1.81. The molecule has 0 aliphatic heterocycles. The minimum Gasteiger partial charge on any atom is -0.495 e. The van der Waals surface area contributed by atoms with Crippen molar-refractivity contribution in [3.05, 3.63) is 41.2 Å². The number of rotatable bonds is 5. The summed E-state index contributed by atoms with van der Waals surface area (Å²) in [6.45, 7) is 3.66. The Morgan fingerprint density at radius 2 is 2.22 bits per heavy atom. The molecule has 0 amide bonds. The van der Waals surface area contributed by atoms with Gasteiger partial charge in [0.15, 0.2) is 0 Å². The van der Waals surface area contributed by atoms with Crippen molar-refractivity contribution in [2.75, 3.05) is 12.4 Å². The first-order chi connectivity index (χ1) is 8.74. The third-order valence-corrected chi connectivity index (χ3v) is 3.04. The van der Waals surface area contributed by atoms with Gasteiger partial charge < -0.3 is 10.1 Å². The molecule has 96 valence electrons. The smallest absolute Gasteiger partial charge is 0.139 e. The number of nitrogens with zero attached hydrogens (tertiary/aromatic N) is 2. The minimum absolute atomic E-state index is 0.613. The topological polar surface area (TPSA) is 39.1 Å². The second kappa shape index (κ2) is 5.78. The SMILES string of the molecule is CCn1nccc1CNc1ccc(Cl)c(OC)c1. The van der Waals surface area contributed by atoms with Crippen molar-refractivity contribution in [3.63, 3.8) is 0 Å². The number of halogens is 1. The van der Waals surface area contributed by atoms with E-state index in [1.54, 1.807) is 7.11 Å². The number of hydrogen-bond donors (Lipinski definition) is 1. The van der Waals surface area contributed by atoms with Crippen LogP contribution in [0.25, 0.3) is 0 Å². The van der Waals surface area contributed by atoms with Crippen LogP contribution in [0, 0.1) is 0 Å². The summed E-state index contributed by atoms with van der Waals surface area (Å²) in [4.78, 5) is 0. The maximum absolute atomic E-state index is 5.98. The van der Waals surface area contributed by atoms with Gasteiger partial charge in [0, 0.05) is 24.5 Å². The summed E-state index contributed by atoms with van der Waals surface area (Å²) in [7, 11) is 1.61. The van der Waals surface area contributed by atoms with Crippen LogP contribution in [0.1, 0.15) is 12.6 Å². The van der Waals surface area contributed by atoms with Gasteiger partial charge >= 0.3 is 0 Å². The van der Waals surface area contributed by atoms with E-state index in [1.807, 2.05) is 35.1 Å². The molecule has 2 rings (SSSR count). The lowest BCUT2D eigenvalue weighted by Crippen LogP contribution is -2.07. The van der Waals surface area contributed by atoms with Gasteiger partial charge in [0.2, 0.25) is 0 Å². The maximum Gasteiger partial charge on any atom is 0.139 e. The normalized spacial score (nSPS) is 10.4. The molecule has 0 bridgehead atoms. The van der Waals surface area contributed by atoms with Gasteiger partial charge in [-0.1, -0.05) is 11.6 Å². The molecule has 0 saturated carbocycles. The molecule has 4 nitrogen and oxygen atoms in total. The number of anilines is 1. The highest BCUT2D eigenvalue weighted by Gasteiger charge is 2.03. The van der Waals surface area contributed by atoms with E-state index >= 15 is 0 Å². The Hall–Kier alpha value is -1.68. The molecule has 0 atom stereocenters. The zero-order valence-corrected chi connectivity index (χ0v) is 11.2. The average molecular weight is 266 g/mol. The molecule has 1 aromatic carbocycles. The molecule has 0 unspecified atom stereocenters. The number of aryl methyl sites for hydroxylation is 1. The van der Waals surface area contributed by atoms with E-state index < -0.39 is 0 Å². The average Bonchev–Trinajstić information content (AvgIpc) is 2.85. The van der Waals surface area contributed by atoms with Crippen LogP contribution in [0.15, 0.2) is 30.5 Å². The molecule has 0 saturated heterocycles. The summed E-state index contributed by atoms with van der Waals surface area (Å²) >= 11 is 5.98. The van der Waals surface area contributed by atoms with Crippen molar-refractivity contribution in [3.8, 4) is 5.75 Å². The van der Waals surface area contributed by atoms with Crippen molar-refractivity contribution >= 4 is 17.3 Å². The standard InChI is InChI=1S/C13H16ClN3O/c1-3-17-11(6-7-16-17)9-15-10-4-5-12(14)13(8-10)18-2/h4-8,15H,3,9H2,1-2H3. The van der Waals surface area contributed by atoms with Crippen LogP contribution in [0.3, 0.4) is 0 Å². The summed E-state index contributed by atoms with van der Waals surface area (Å²) in [5.41, 5.74) is 2.12. The number of hydrogen-bond acceptors (Lipinski definition) is 3. The lowest BCUT2D eigenvalue weighted by molar-refractivity contribution is 0.415. The van der Waals surface area contributed by atoms with E-state index in [0.717, 1.165) is 24.5 Å². The number of methoxy groups -OCH3 is 1. The van der Waals surface area contributed by atoms with E-state index in [4.69, 9.17) is 16.3 Å². The summed E-state index contributed by atoms with van der Waals surface area (Å²) in [5.74, 6) is 0.672. The van der Waals surface area contributed by atoms with Gasteiger partial charge in [-0.05, 0) is 25.1 Å². The van der Waals surface area contributed by atoms with Crippen molar-refractivity contribution in [1.82, 2.24) is 9.78 Å². The van der Waals surface area contributed by atoms with E-state index in [2.05, 4.69) is 17.3 Å². The van der Waals surface area contributed by atoms with Crippen LogP contribution < -0.4 is 10.1 Å². The van der Waals surface area contributed by atoms with E-state index in [1.165, 1.54) is 0 Å². The molecular formula is C13H16ClN3O. The lowest BCUT2D eigenvalue weighted by atomic mass is 10.3. The van der Waals surface area contributed by atoms with Gasteiger partial charge in [-0.15, -0.1) is 0 Å². The Morgan fingerprint density at radius 3 is 2.94 bits per heavy atom. The molecule has 18 heavy (non-hydrogen) atoms. The van der Waals surface area contributed by atoms with Crippen LogP contribution >= 0.6 is 11.6 Å². The van der Waals surface area contributed by atoms with Crippen molar-refractivity contribution < 1.29 is 4.74 Å². The minimum atomic E-state index is 0.613. The molecule has 2 aromatic rings. The van der Waals surface area contributed by atoms with Gasteiger partial charge in [0.1, 0.15) is 5.75 Å². The van der Waals surface area contributed by atoms with E-state index in [-0.39, 0.29) is 0 Å². The number of benzene rings is 1. The Balaban J connectivity index is 2.06. The third kappa shape index (κ3) is 2.76. The van der Waals surface area contributed by atoms with Gasteiger partial charge in [-0.2, -0.15) is 5.10 Å². The molecule has 0 aliphatic rings. The van der Waals surface area contributed by atoms with Crippen molar-refractivity contribution in [2.24, 2.45) is 0 Å². The molecule has 1 heterocycles. The third-order valence-electron chi connectivity index (χ3n) is 2.73. The highest BCUT2D eigenvalue weighted by atomic mass is 35.5.